The summed E-state index contributed by atoms with van der Waals surface area (Å²) in [6.07, 6.45) is 2.97. The van der Waals surface area contributed by atoms with Gasteiger partial charge in [0, 0.05) is 25.2 Å². The molecule has 6 heteroatoms. The Morgan fingerprint density at radius 3 is 1.64 bits per heavy atom. The van der Waals surface area contributed by atoms with Gasteiger partial charge < -0.3 is 18.6 Å². The predicted molar refractivity (Wildman–Crippen MR) is 78.4 cm³/mol. The summed E-state index contributed by atoms with van der Waals surface area (Å²) in [6.45, 7) is 4.78. The third kappa shape index (κ3) is 2.52. The van der Waals surface area contributed by atoms with Gasteiger partial charge in [0.25, 0.3) is 11.8 Å². The maximum absolute atomic E-state index is 12.4. The molecule has 0 aliphatic carbocycles. The average molecular weight is 302 g/mol. The Kier molecular flexibility index (Phi) is 3.75. The summed E-state index contributed by atoms with van der Waals surface area (Å²) >= 11 is 0. The average Bonchev–Trinajstić information content (AvgIpc) is 3.20. The summed E-state index contributed by atoms with van der Waals surface area (Å²) in [7, 11) is 0. The minimum Gasteiger partial charge on any atom is -0.459 e. The number of furan rings is 2. The van der Waals surface area contributed by atoms with Gasteiger partial charge in [-0.25, -0.2) is 0 Å². The van der Waals surface area contributed by atoms with Crippen molar-refractivity contribution in [1.29, 1.82) is 0 Å². The van der Waals surface area contributed by atoms with Crippen LogP contribution < -0.4 is 0 Å². The zero-order valence-corrected chi connectivity index (χ0v) is 12.6. The van der Waals surface area contributed by atoms with Crippen molar-refractivity contribution in [2.24, 2.45) is 0 Å². The van der Waals surface area contributed by atoms with E-state index in [-0.39, 0.29) is 23.9 Å². The summed E-state index contributed by atoms with van der Waals surface area (Å²) in [5, 5.41) is 0. The highest BCUT2D eigenvalue weighted by Gasteiger charge is 2.36. The van der Waals surface area contributed by atoms with E-state index in [0.717, 1.165) is 0 Å². The van der Waals surface area contributed by atoms with Crippen molar-refractivity contribution in [1.82, 2.24) is 9.80 Å². The van der Waals surface area contributed by atoms with Gasteiger partial charge in [0.2, 0.25) is 0 Å². The van der Waals surface area contributed by atoms with E-state index in [0.29, 0.717) is 24.6 Å². The summed E-state index contributed by atoms with van der Waals surface area (Å²) in [4.78, 5) is 28.4. The van der Waals surface area contributed by atoms with Crippen molar-refractivity contribution in [2.45, 2.75) is 25.9 Å². The Labute approximate surface area is 128 Å². The fourth-order valence-electron chi connectivity index (χ4n) is 2.78. The van der Waals surface area contributed by atoms with E-state index in [4.69, 9.17) is 8.83 Å². The van der Waals surface area contributed by atoms with Crippen LogP contribution in [0.2, 0.25) is 0 Å². The second-order valence-electron chi connectivity index (χ2n) is 5.57. The number of piperazine rings is 1. The molecule has 0 bridgehead atoms. The second-order valence-corrected chi connectivity index (χ2v) is 5.57. The first kappa shape index (κ1) is 14.4. The third-order valence-electron chi connectivity index (χ3n) is 3.97. The van der Waals surface area contributed by atoms with Crippen molar-refractivity contribution in [3.63, 3.8) is 0 Å². The van der Waals surface area contributed by atoms with Crippen LogP contribution in [0, 0.1) is 0 Å². The number of carbonyl (C=O) groups is 2. The van der Waals surface area contributed by atoms with E-state index in [1.807, 2.05) is 13.8 Å². The lowest BCUT2D eigenvalue weighted by Gasteiger charge is -2.43. The first-order valence-corrected chi connectivity index (χ1v) is 7.27. The van der Waals surface area contributed by atoms with Crippen molar-refractivity contribution in [2.75, 3.05) is 13.1 Å². The van der Waals surface area contributed by atoms with Crippen LogP contribution in [0.3, 0.4) is 0 Å². The van der Waals surface area contributed by atoms with Crippen LogP contribution in [0.4, 0.5) is 0 Å². The zero-order valence-electron chi connectivity index (χ0n) is 12.6. The Hall–Kier alpha value is -2.50. The number of hydrogen-bond donors (Lipinski definition) is 0. The molecule has 0 N–H and O–H groups in total. The number of hydrogen-bond acceptors (Lipinski definition) is 4. The van der Waals surface area contributed by atoms with Crippen LogP contribution in [0.5, 0.6) is 0 Å². The molecule has 1 aliphatic heterocycles. The van der Waals surface area contributed by atoms with Crippen LogP contribution in [-0.4, -0.2) is 46.8 Å². The van der Waals surface area contributed by atoms with Gasteiger partial charge >= 0.3 is 0 Å². The number of rotatable bonds is 2. The van der Waals surface area contributed by atoms with E-state index in [1.54, 1.807) is 34.1 Å². The molecule has 22 heavy (non-hydrogen) atoms. The van der Waals surface area contributed by atoms with Gasteiger partial charge in [-0.2, -0.15) is 0 Å². The summed E-state index contributed by atoms with van der Waals surface area (Å²) in [5.41, 5.74) is 0. The smallest absolute Gasteiger partial charge is 0.289 e. The largest absolute Gasteiger partial charge is 0.459 e. The highest BCUT2D eigenvalue weighted by atomic mass is 16.3. The van der Waals surface area contributed by atoms with E-state index in [1.165, 1.54) is 12.5 Å². The molecular weight excluding hydrogens is 284 g/mol. The Morgan fingerprint density at radius 2 is 1.32 bits per heavy atom. The van der Waals surface area contributed by atoms with E-state index in [2.05, 4.69) is 0 Å². The molecule has 0 radical (unpaired) electrons. The molecule has 1 saturated heterocycles. The highest BCUT2D eigenvalue weighted by molar-refractivity contribution is 5.93. The molecule has 6 nitrogen and oxygen atoms in total. The standard InChI is InChI=1S/C16H18N2O4/c1-11-9-18(16(20)14-6-4-8-22-14)12(2)10-17(11)15(19)13-5-3-7-21-13/h3-8,11-12H,9-10H2,1-2H3/t11-,12-/m1/s1. The quantitative estimate of drug-likeness (QED) is 0.853. The van der Waals surface area contributed by atoms with Crippen LogP contribution in [0.15, 0.2) is 45.6 Å². The second kappa shape index (κ2) is 5.71. The molecule has 1 aliphatic rings. The first-order valence-electron chi connectivity index (χ1n) is 7.27. The lowest BCUT2D eigenvalue weighted by Crippen LogP contribution is -2.59. The highest BCUT2D eigenvalue weighted by Crippen LogP contribution is 2.20. The summed E-state index contributed by atoms with van der Waals surface area (Å²) in [5.74, 6) is 0.360. The minimum absolute atomic E-state index is 0.0901. The molecule has 3 heterocycles. The van der Waals surface area contributed by atoms with Gasteiger partial charge in [0.15, 0.2) is 11.5 Å². The normalized spacial score (nSPS) is 21.9. The molecule has 3 rings (SSSR count). The van der Waals surface area contributed by atoms with Crippen molar-refractivity contribution in [3.8, 4) is 0 Å². The van der Waals surface area contributed by atoms with Gasteiger partial charge in [-0.05, 0) is 38.1 Å². The predicted octanol–water partition coefficient (Wildman–Crippen LogP) is 2.25. The van der Waals surface area contributed by atoms with Crippen LogP contribution >= 0.6 is 0 Å². The molecule has 1 fully saturated rings. The first-order chi connectivity index (χ1) is 10.6. The van der Waals surface area contributed by atoms with Crippen molar-refractivity contribution >= 4 is 11.8 Å². The number of nitrogens with zero attached hydrogens (tertiary/aromatic N) is 2. The zero-order chi connectivity index (χ0) is 15.7. The van der Waals surface area contributed by atoms with Crippen LogP contribution in [-0.2, 0) is 0 Å². The van der Waals surface area contributed by atoms with Crippen LogP contribution in [0.25, 0.3) is 0 Å². The third-order valence-corrected chi connectivity index (χ3v) is 3.97. The van der Waals surface area contributed by atoms with Crippen molar-refractivity contribution in [3.05, 3.63) is 48.3 Å². The monoisotopic (exact) mass is 302 g/mol. The molecule has 0 spiro atoms. The van der Waals surface area contributed by atoms with Crippen LogP contribution in [0.1, 0.15) is 35.0 Å². The van der Waals surface area contributed by atoms with E-state index in [9.17, 15) is 9.59 Å². The Bertz CT molecular complexity index is 590. The van der Waals surface area contributed by atoms with Gasteiger partial charge in [0.1, 0.15) is 0 Å². The molecule has 116 valence electrons. The maximum atomic E-state index is 12.4. The molecule has 0 saturated carbocycles. The van der Waals surface area contributed by atoms with Crippen molar-refractivity contribution < 1.29 is 18.4 Å². The molecule has 2 atom stereocenters. The fourth-order valence-corrected chi connectivity index (χ4v) is 2.78. The molecule has 2 aromatic heterocycles. The number of carbonyl (C=O) groups excluding carboxylic acids is 2. The van der Waals surface area contributed by atoms with Gasteiger partial charge in [-0.1, -0.05) is 0 Å². The summed E-state index contributed by atoms with van der Waals surface area (Å²) in [6, 6.07) is 6.51. The Morgan fingerprint density at radius 1 is 0.909 bits per heavy atom. The number of amides is 2. The topological polar surface area (TPSA) is 66.9 Å². The lowest BCUT2D eigenvalue weighted by atomic mass is 10.1. The molecule has 2 amide bonds. The molecule has 2 aromatic rings. The molecular formula is C16H18N2O4. The van der Waals surface area contributed by atoms with Gasteiger partial charge in [0.05, 0.1) is 12.5 Å². The van der Waals surface area contributed by atoms with Gasteiger partial charge in [-0.15, -0.1) is 0 Å². The Balaban J connectivity index is 1.74. The van der Waals surface area contributed by atoms with Gasteiger partial charge in [-0.3, -0.25) is 9.59 Å². The SMILES string of the molecule is C[C@@H]1CN(C(=O)c2ccco2)[C@H](C)CN1C(=O)c1ccco1. The molecule has 0 unspecified atom stereocenters. The minimum atomic E-state index is -0.144. The lowest BCUT2D eigenvalue weighted by molar-refractivity contribution is 0.0238. The summed E-state index contributed by atoms with van der Waals surface area (Å²) < 4.78 is 10.4. The molecule has 0 aromatic carbocycles. The maximum Gasteiger partial charge on any atom is 0.289 e. The van der Waals surface area contributed by atoms with E-state index >= 15 is 0 Å². The van der Waals surface area contributed by atoms with E-state index < -0.39 is 0 Å². The fraction of sp³-hybridized carbons (Fsp3) is 0.375.